The lowest BCUT2D eigenvalue weighted by Gasteiger charge is -2.37. The Morgan fingerprint density at radius 3 is 2.56 bits per heavy atom. The quantitative estimate of drug-likeness (QED) is 0.854. The molecule has 0 radical (unpaired) electrons. The molecular formula is C20H27N3OS. The van der Waals surface area contributed by atoms with Crippen molar-refractivity contribution in [3.63, 3.8) is 0 Å². The van der Waals surface area contributed by atoms with Gasteiger partial charge in [0.2, 0.25) is 0 Å². The van der Waals surface area contributed by atoms with E-state index in [4.69, 9.17) is 0 Å². The number of carbonyl (C=O) groups is 1. The van der Waals surface area contributed by atoms with E-state index in [9.17, 15) is 4.79 Å². The number of nitrogens with zero attached hydrogens (tertiary/aromatic N) is 2. The second-order valence-electron chi connectivity index (χ2n) is 8.06. The molecule has 1 N–H and O–H groups in total. The number of carbonyl (C=O) groups excluding carboxylic acids is 1. The van der Waals surface area contributed by atoms with Gasteiger partial charge in [0.25, 0.3) is 5.91 Å². The number of hydrogen-bond acceptors (Lipinski definition) is 4. The summed E-state index contributed by atoms with van der Waals surface area (Å²) in [7, 11) is 0. The maximum atomic E-state index is 12.7. The van der Waals surface area contributed by atoms with Gasteiger partial charge < -0.3 is 5.32 Å². The molecule has 0 aliphatic heterocycles. The third-order valence-corrected chi connectivity index (χ3v) is 6.40. The molecular weight excluding hydrogens is 330 g/mol. The smallest absolute Gasteiger partial charge is 0.263 e. The van der Waals surface area contributed by atoms with Crippen LogP contribution in [0.4, 0.5) is 0 Å². The Labute approximate surface area is 154 Å². The number of aromatic nitrogens is 2. The van der Waals surface area contributed by atoms with E-state index in [0.29, 0.717) is 5.41 Å². The summed E-state index contributed by atoms with van der Waals surface area (Å²) < 4.78 is 0. The Kier molecular flexibility index (Phi) is 5.23. The molecule has 134 valence electrons. The fourth-order valence-electron chi connectivity index (χ4n) is 3.57. The minimum atomic E-state index is 0.0179. The lowest BCUT2D eigenvalue weighted by atomic mass is 9.71. The molecule has 1 aliphatic rings. The summed E-state index contributed by atoms with van der Waals surface area (Å²) in [5.74, 6) is 0.771. The van der Waals surface area contributed by atoms with E-state index in [1.807, 2.05) is 19.1 Å². The highest BCUT2D eigenvalue weighted by Crippen LogP contribution is 2.38. The second-order valence-corrected chi connectivity index (χ2v) is 9.06. The molecule has 0 saturated heterocycles. The molecule has 0 atom stereocenters. The van der Waals surface area contributed by atoms with Crippen LogP contribution < -0.4 is 5.32 Å². The van der Waals surface area contributed by atoms with Crippen LogP contribution in [-0.4, -0.2) is 21.9 Å². The Balaban J connectivity index is 1.64. The fourth-order valence-corrected chi connectivity index (χ4v) is 4.53. The number of thiazole rings is 1. The summed E-state index contributed by atoms with van der Waals surface area (Å²) >= 11 is 1.45. The first-order valence-corrected chi connectivity index (χ1v) is 9.85. The van der Waals surface area contributed by atoms with Crippen molar-refractivity contribution in [2.45, 2.75) is 59.4 Å². The summed E-state index contributed by atoms with van der Waals surface area (Å²) in [4.78, 5) is 22.1. The van der Waals surface area contributed by atoms with E-state index in [1.165, 1.54) is 24.2 Å². The van der Waals surface area contributed by atoms with Gasteiger partial charge in [0.1, 0.15) is 9.88 Å². The van der Waals surface area contributed by atoms with Crippen molar-refractivity contribution in [1.82, 2.24) is 15.3 Å². The number of pyridine rings is 1. The molecule has 2 aromatic heterocycles. The molecule has 25 heavy (non-hydrogen) atoms. The number of hydrogen-bond donors (Lipinski definition) is 1. The van der Waals surface area contributed by atoms with E-state index in [-0.39, 0.29) is 11.9 Å². The molecule has 3 rings (SSSR count). The number of rotatable bonds is 3. The zero-order chi connectivity index (χ0) is 18.0. The van der Waals surface area contributed by atoms with Crippen molar-refractivity contribution in [3.05, 3.63) is 35.1 Å². The van der Waals surface area contributed by atoms with Crippen LogP contribution in [0.3, 0.4) is 0 Å². The standard InChI is InChI=1S/C20H27N3OS/c1-13-17(25-19(22-13)14-6-5-11-21-12-14)18(24)23-16-9-7-15(8-10-16)20(2,3)4/h5-6,11-12,15-16H,7-10H2,1-4H3,(H,23,24). The first kappa shape index (κ1) is 18.1. The molecule has 1 saturated carbocycles. The Bertz CT molecular complexity index is 725. The third-order valence-electron chi connectivity index (χ3n) is 5.20. The van der Waals surface area contributed by atoms with Gasteiger partial charge in [0, 0.05) is 24.0 Å². The molecule has 0 bridgehead atoms. The average molecular weight is 358 g/mol. The SMILES string of the molecule is Cc1nc(-c2cccnc2)sc1C(=O)NC1CCC(C(C)(C)C)CC1. The Hall–Kier alpha value is -1.75. The van der Waals surface area contributed by atoms with Gasteiger partial charge in [0.05, 0.1) is 5.69 Å². The Morgan fingerprint density at radius 2 is 1.96 bits per heavy atom. The molecule has 1 fully saturated rings. The van der Waals surface area contributed by atoms with Crippen molar-refractivity contribution < 1.29 is 4.79 Å². The van der Waals surface area contributed by atoms with E-state index < -0.39 is 0 Å². The first-order valence-electron chi connectivity index (χ1n) is 9.03. The predicted molar refractivity (Wildman–Crippen MR) is 103 cm³/mol. The molecule has 2 aromatic rings. The molecule has 5 heteroatoms. The van der Waals surface area contributed by atoms with Crippen LogP contribution >= 0.6 is 11.3 Å². The largest absolute Gasteiger partial charge is 0.349 e. The Morgan fingerprint density at radius 1 is 1.24 bits per heavy atom. The van der Waals surface area contributed by atoms with Gasteiger partial charge in [-0.05, 0) is 56.1 Å². The van der Waals surface area contributed by atoms with Gasteiger partial charge in [-0.15, -0.1) is 11.3 Å². The molecule has 2 heterocycles. The maximum Gasteiger partial charge on any atom is 0.263 e. The summed E-state index contributed by atoms with van der Waals surface area (Å²) in [6.45, 7) is 8.85. The highest BCUT2D eigenvalue weighted by atomic mass is 32.1. The van der Waals surface area contributed by atoms with Crippen molar-refractivity contribution in [3.8, 4) is 10.6 Å². The van der Waals surface area contributed by atoms with Crippen molar-refractivity contribution in [2.24, 2.45) is 11.3 Å². The zero-order valence-corrected chi connectivity index (χ0v) is 16.3. The number of nitrogens with one attached hydrogen (secondary N) is 1. The number of aryl methyl sites for hydroxylation is 1. The third kappa shape index (κ3) is 4.27. The molecule has 0 aromatic carbocycles. The highest BCUT2D eigenvalue weighted by molar-refractivity contribution is 7.17. The summed E-state index contributed by atoms with van der Waals surface area (Å²) in [5, 5.41) is 4.08. The zero-order valence-electron chi connectivity index (χ0n) is 15.5. The molecule has 1 aliphatic carbocycles. The summed E-state index contributed by atoms with van der Waals surface area (Å²) in [6.07, 6.45) is 8.05. The molecule has 0 spiro atoms. The van der Waals surface area contributed by atoms with Gasteiger partial charge in [-0.25, -0.2) is 4.98 Å². The van der Waals surface area contributed by atoms with Gasteiger partial charge in [-0.2, -0.15) is 0 Å². The van der Waals surface area contributed by atoms with Crippen LogP contribution in [0.2, 0.25) is 0 Å². The van der Waals surface area contributed by atoms with E-state index in [2.05, 4.69) is 36.1 Å². The second kappa shape index (κ2) is 7.24. The van der Waals surface area contributed by atoms with Gasteiger partial charge >= 0.3 is 0 Å². The van der Waals surface area contributed by atoms with Gasteiger partial charge in [-0.1, -0.05) is 20.8 Å². The highest BCUT2D eigenvalue weighted by Gasteiger charge is 2.30. The van der Waals surface area contributed by atoms with Crippen molar-refractivity contribution >= 4 is 17.2 Å². The summed E-state index contributed by atoms with van der Waals surface area (Å²) in [6, 6.07) is 4.15. The fraction of sp³-hybridized carbons (Fsp3) is 0.550. The van der Waals surface area contributed by atoms with E-state index in [1.54, 1.807) is 12.4 Å². The predicted octanol–water partition coefficient (Wildman–Crippen LogP) is 4.85. The maximum absolute atomic E-state index is 12.7. The van der Waals surface area contributed by atoms with Crippen LogP contribution in [0.1, 0.15) is 61.8 Å². The van der Waals surface area contributed by atoms with Gasteiger partial charge in [0.15, 0.2) is 0 Å². The van der Waals surface area contributed by atoms with E-state index in [0.717, 1.165) is 39.9 Å². The monoisotopic (exact) mass is 357 g/mol. The number of amides is 1. The van der Waals surface area contributed by atoms with Crippen LogP contribution in [-0.2, 0) is 0 Å². The van der Waals surface area contributed by atoms with Crippen LogP contribution in [0.5, 0.6) is 0 Å². The van der Waals surface area contributed by atoms with Crippen LogP contribution in [0.25, 0.3) is 10.6 Å². The summed E-state index contributed by atoms with van der Waals surface area (Å²) in [5.41, 5.74) is 2.12. The lowest BCUT2D eigenvalue weighted by Crippen LogP contribution is -2.39. The minimum absolute atomic E-state index is 0.0179. The van der Waals surface area contributed by atoms with Crippen LogP contribution in [0, 0.1) is 18.3 Å². The normalized spacial score (nSPS) is 21.1. The van der Waals surface area contributed by atoms with E-state index >= 15 is 0 Å². The van der Waals surface area contributed by atoms with Crippen molar-refractivity contribution in [1.29, 1.82) is 0 Å². The first-order chi connectivity index (χ1) is 11.8. The van der Waals surface area contributed by atoms with Crippen molar-refractivity contribution in [2.75, 3.05) is 0 Å². The lowest BCUT2D eigenvalue weighted by molar-refractivity contribution is 0.0907. The minimum Gasteiger partial charge on any atom is -0.349 e. The average Bonchev–Trinajstić information content (AvgIpc) is 2.97. The molecule has 0 unspecified atom stereocenters. The van der Waals surface area contributed by atoms with Gasteiger partial charge in [-0.3, -0.25) is 9.78 Å². The van der Waals surface area contributed by atoms with Crippen LogP contribution in [0.15, 0.2) is 24.5 Å². The topological polar surface area (TPSA) is 54.9 Å². The molecule has 1 amide bonds. The molecule has 4 nitrogen and oxygen atoms in total.